The number of fused-ring (bicyclic) bond motifs is 1. The number of aryl methyl sites for hydroxylation is 1. The normalized spacial score (nSPS) is 16.8. The van der Waals surface area contributed by atoms with Crippen LogP contribution in [0.3, 0.4) is 0 Å². The molecule has 0 radical (unpaired) electrons. The molecular formula is C27H21Cl2N3O3S2. The molecule has 2 aliphatic rings. The highest BCUT2D eigenvalue weighted by atomic mass is 35.5. The van der Waals surface area contributed by atoms with Crippen LogP contribution < -0.4 is 14.9 Å². The number of nitrogens with one attached hydrogen (secondary N) is 2. The molecule has 0 aromatic heterocycles. The Bertz CT molecular complexity index is 1480. The summed E-state index contributed by atoms with van der Waals surface area (Å²) in [6.07, 6.45) is 2.00. The maximum atomic E-state index is 13.6. The molecular weight excluding hydrogens is 549 g/mol. The Labute approximate surface area is 232 Å². The van der Waals surface area contributed by atoms with Gasteiger partial charge in [0.1, 0.15) is 0 Å². The Morgan fingerprint density at radius 3 is 2.54 bits per heavy atom. The van der Waals surface area contributed by atoms with Crippen LogP contribution in [0, 0.1) is 0 Å². The number of hydrogen-bond acceptors (Lipinski definition) is 6. The highest BCUT2D eigenvalue weighted by molar-refractivity contribution is 8.18. The van der Waals surface area contributed by atoms with Crippen LogP contribution in [0.15, 0.2) is 70.5 Å². The van der Waals surface area contributed by atoms with Crippen molar-refractivity contribution in [1.82, 2.24) is 5.32 Å². The van der Waals surface area contributed by atoms with Gasteiger partial charge in [0.05, 0.1) is 32.8 Å². The molecule has 5 rings (SSSR count). The van der Waals surface area contributed by atoms with Crippen LogP contribution >= 0.6 is 46.9 Å². The van der Waals surface area contributed by atoms with Gasteiger partial charge < -0.3 is 9.62 Å². The third kappa shape index (κ3) is 5.25. The standard InChI is InChI=1S/C27H21Cl2N3O3S2/c1-2-5-16-6-3-4-7-21(16)31-37-17-9-11-22-18(13-17)23(24-25(33)30-27(35)36-24)26(34)32(22)14-15-8-10-19(28)20(29)12-15/h3-4,6-13,31H,2,5,14H2,1H3,(H,30,33,35)/b24-23-. The summed E-state index contributed by atoms with van der Waals surface area (Å²) in [4.78, 5) is 40.7. The lowest BCUT2D eigenvalue weighted by atomic mass is 10.1. The molecule has 0 bridgehead atoms. The smallest absolute Gasteiger partial charge is 0.290 e. The number of anilines is 2. The van der Waals surface area contributed by atoms with Crippen molar-refractivity contribution in [3.05, 3.63) is 92.3 Å². The van der Waals surface area contributed by atoms with Crippen LogP contribution in [-0.2, 0) is 22.6 Å². The minimum absolute atomic E-state index is 0.108. The molecule has 188 valence electrons. The van der Waals surface area contributed by atoms with Gasteiger partial charge >= 0.3 is 0 Å². The minimum atomic E-state index is -0.564. The molecule has 0 spiro atoms. The highest BCUT2D eigenvalue weighted by Crippen LogP contribution is 2.45. The lowest BCUT2D eigenvalue weighted by Gasteiger charge is -2.18. The number of benzene rings is 3. The summed E-state index contributed by atoms with van der Waals surface area (Å²) in [5.74, 6) is -0.915. The second-order valence-corrected chi connectivity index (χ2v) is 11.2. The van der Waals surface area contributed by atoms with Crippen LogP contribution in [0.2, 0.25) is 10.0 Å². The van der Waals surface area contributed by atoms with Gasteiger partial charge in [-0.15, -0.1) is 0 Å². The fourth-order valence-electron chi connectivity index (χ4n) is 4.27. The van der Waals surface area contributed by atoms with E-state index in [0.29, 0.717) is 21.3 Å². The maximum absolute atomic E-state index is 13.6. The van der Waals surface area contributed by atoms with E-state index in [2.05, 4.69) is 23.0 Å². The number of para-hydroxylation sites is 1. The van der Waals surface area contributed by atoms with Crippen molar-refractivity contribution >= 4 is 80.9 Å². The lowest BCUT2D eigenvalue weighted by molar-refractivity contribution is -0.116. The van der Waals surface area contributed by atoms with Crippen LogP contribution in [0.5, 0.6) is 0 Å². The third-order valence-corrected chi connectivity index (χ3v) is 8.40. The molecule has 3 aromatic rings. The summed E-state index contributed by atoms with van der Waals surface area (Å²) < 4.78 is 3.42. The van der Waals surface area contributed by atoms with Crippen molar-refractivity contribution < 1.29 is 14.4 Å². The number of carbonyl (C=O) groups excluding carboxylic acids is 3. The minimum Gasteiger partial charge on any atom is -0.325 e. The molecule has 37 heavy (non-hydrogen) atoms. The first-order chi connectivity index (χ1) is 17.9. The van der Waals surface area contributed by atoms with Gasteiger partial charge in [-0.2, -0.15) is 0 Å². The second kappa shape index (κ2) is 10.8. The highest BCUT2D eigenvalue weighted by Gasteiger charge is 2.40. The lowest BCUT2D eigenvalue weighted by Crippen LogP contribution is -2.26. The quantitative estimate of drug-likeness (QED) is 0.229. The monoisotopic (exact) mass is 569 g/mol. The van der Waals surface area contributed by atoms with Crippen molar-refractivity contribution in [2.24, 2.45) is 0 Å². The number of carbonyl (C=O) groups is 3. The Balaban J connectivity index is 1.51. The van der Waals surface area contributed by atoms with E-state index in [9.17, 15) is 14.4 Å². The van der Waals surface area contributed by atoms with E-state index in [1.54, 1.807) is 23.1 Å². The summed E-state index contributed by atoms with van der Waals surface area (Å²) in [5, 5.41) is 2.58. The van der Waals surface area contributed by atoms with Gasteiger partial charge in [-0.3, -0.25) is 19.7 Å². The number of amides is 3. The SMILES string of the molecule is CCCc1ccccc1NSc1ccc2c(c1)/C(=C1/SC(=O)NC1=O)C(=O)N2Cc1ccc(Cl)c(Cl)c1. The first-order valence-electron chi connectivity index (χ1n) is 11.5. The molecule has 0 unspecified atom stereocenters. The maximum Gasteiger partial charge on any atom is 0.290 e. The Morgan fingerprint density at radius 2 is 1.81 bits per heavy atom. The molecule has 0 atom stereocenters. The van der Waals surface area contributed by atoms with Crippen molar-refractivity contribution in [3.8, 4) is 0 Å². The van der Waals surface area contributed by atoms with E-state index in [1.165, 1.54) is 17.5 Å². The number of nitrogens with zero attached hydrogens (tertiary/aromatic N) is 1. The Kier molecular flexibility index (Phi) is 7.53. The number of halogens is 2. The van der Waals surface area contributed by atoms with Crippen LogP contribution in [-0.4, -0.2) is 17.1 Å². The van der Waals surface area contributed by atoms with Crippen LogP contribution in [0.4, 0.5) is 16.2 Å². The number of thioether (sulfide) groups is 1. The van der Waals surface area contributed by atoms with Gasteiger partial charge in [0.15, 0.2) is 0 Å². The van der Waals surface area contributed by atoms with Gasteiger partial charge in [-0.25, -0.2) is 0 Å². The molecule has 10 heteroatoms. The number of imide groups is 1. The third-order valence-electron chi connectivity index (χ3n) is 5.97. The zero-order valence-electron chi connectivity index (χ0n) is 19.6. The van der Waals surface area contributed by atoms with Gasteiger partial charge in [0.25, 0.3) is 17.1 Å². The molecule has 0 saturated carbocycles. The number of rotatable bonds is 7. The Hall–Kier alpha value is -2.91. The number of hydrogen-bond donors (Lipinski definition) is 2. The topological polar surface area (TPSA) is 78.5 Å². The Morgan fingerprint density at radius 1 is 1.00 bits per heavy atom. The summed E-state index contributed by atoms with van der Waals surface area (Å²) in [6.45, 7) is 2.37. The summed E-state index contributed by atoms with van der Waals surface area (Å²) >= 11 is 14.4. The van der Waals surface area contributed by atoms with Crippen molar-refractivity contribution in [2.45, 2.75) is 31.2 Å². The molecule has 2 N–H and O–H groups in total. The predicted molar refractivity (Wildman–Crippen MR) is 152 cm³/mol. The molecule has 1 saturated heterocycles. The van der Waals surface area contributed by atoms with E-state index in [1.807, 2.05) is 36.4 Å². The van der Waals surface area contributed by atoms with E-state index in [0.717, 1.165) is 40.7 Å². The van der Waals surface area contributed by atoms with Gasteiger partial charge in [0.2, 0.25) is 0 Å². The molecule has 0 aliphatic carbocycles. The van der Waals surface area contributed by atoms with Crippen molar-refractivity contribution in [1.29, 1.82) is 0 Å². The largest absolute Gasteiger partial charge is 0.325 e. The molecule has 3 aromatic carbocycles. The summed E-state index contributed by atoms with van der Waals surface area (Å²) in [7, 11) is 0. The zero-order valence-corrected chi connectivity index (χ0v) is 22.8. The van der Waals surface area contributed by atoms with Gasteiger partial charge in [-0.1, -0.05) is 60.8 Å². The van der Waals surface area contributed by atoms with Crippen molar-refractivity contribution in [2.75, 3.05) is 9.62 Å². The predicted octanol–water partition coefficient (Wildman–Crippen LogP) is 7.31. The van der Waals surface area contributed by atoms with E-state index in [-0.39, 0.29) is 22.9 Å². The average molecular weight is 571 g/mol. The first-order valence-corrected chi connectivity index (χ1v) is 13.9. The van der Waals surface area contributed by atoms with Crippen LogP contribution in [0.1, 0.15) is 30.0 Å². The zero-order chi connectivity index (χ0) is 26.1. The fraction of sp³-hybridized carbons (Fsp3) is 0.148. The van der Waals surface area contributed by atoms with E-state index < -0.39 is 11.1 Å². The summed E-state index contributed by atoms with van der Waals surface area (Å²) in [6, 6.07) is 19.0. The summed E-state index contributed by atoms with van der Waals surface area (Å²) in [5.41, 5.74) is 4.52. The fourth-order valence-corrected chi connectivity index (χ4v) is 6.10. The van der Waals surface area contributed by atoms with E-state index >= 15 is 0 Å². The van der Waals surface area contributed by atoms with Crippen LogP contribution in [0.25, 0.3) is 5.57 Å². The van der Waals surface area contributed by atoms with Crippen molar-refractivity contribution in [3.63, 3.8) is 0 Å². The van der Waals surface area contributed by atoms with Gasteiger partial charge in [0, 0.05) is 16.1 Å². The van der Waals surface area contributed by atoms with Gasteiger partial charge in [-0.05, 0) is 77.7 Å². The van der Waals surface area contributed by atoms with E-state index in [4.69, 9.17) is 23.2 Å². The first kappa shape index (κ1) is 25.7. The molecule has 2 aliphatic heterocycles. The second-order valence-electron chi connectivity index (χ2n) is 8.48. The molecule has 6 nitrogen and oxygen atoms in total. The molecule has 2 heterocycles. The molecule has 3 amide bonds. The average Bonchev–Trinajstić information content (AvgIpc) is 3.35. The molecule has 1 fully saturated rings.